The largest absolute Gasteiger partial charge is 0.463 e. The van der Waals surface area contributed by atoms with E-state index < -0.39 is 11.7 Å². The van der Waals surface area contributed by atoms with Crippen LogP contribution in [0, 0.1) is 0 Å². The highest BCUT2D eigenvalue weighted by molar-refractivity contribution is 7.97. The van der Waals surface area contributed by atoms with Crippen molar-refractivity contribution in [1.29, 1.82) is 0 Å². The number of thioether (sulfide) groups is 1. The molecular weight excluding hydrogens is 323 g/mol. The first-order chi connectivity index (χ1) is 9.90. The molecule has 0 aliphatic heterocycles. The zero-order valence-electron chi connectivity index (χ0n) is 11.1. The van der Waals surface area contributed by atoms with Gasteiger partial charge in [-0.2, -0.15) is 24.9 Å². The molecule has 0 spiro atoms. The van der Waals surface area contributed by atoms with Crippen molar-refractivity contribution in [2.75, 3.05) is 11.6 Å². The highest BCUT2D eigenvalue weighted by Gasteiger charge is 2.30. The van der Waals surface area contributed by atoms with Gasteiger partial charge in [-0.05, 0) is 36.6 Å². The van der Waals surface area contributed by atoms with Crippen molar-refractivity contribution >= 4 is 29.1 Å². The van der Waals surface area contributed by atoms with Gasteiger partial charge in [-0.3, -0.25) is 0 Å². The van der Waals surface area contributed by atoms with Crippen LogP contribution in [-0.2, 0) is 18.5 Å². The Kier molecular flexibility index (Phi) is 5.11. The predicted molar refractivity (Wildman–Crippen MR) is 79.7 cm³/mol. The fourth-order valence-electron chi connectivity index (χ4n) is 1.76. The van der Waals surface area contributed by atoms with Crippen molar-refractivity contribution in [1.82, 2.24) is 0 Å². The van der Waals surface area contributed by atoms with E-state index in [9.17, 15) is 13.2 Å². The third kappa shape index (κ3) is 4.35. The fraction of sp³-hybridized carbons (Fsp3) is 0.286. The first kappa shape index (κ1) is 16.1. The minimum absolute atomic E-state index is 0.231. The molecule has 0 bridgehead atoms. The van der Waals surface area contributed by atoms with Crippen LogP contribution < -0.4 is 5.32 Å². The lowest BCUT2D eigenvalue weighted by Gasteiger charge is -2.11. The van der Waals surface area contributed by atoms with Crippen LogP contribution in [0.15, 0.2) is 34.7 Å². The van der Waals surface area contributed by atoms with Gasteiger partial charge in [0, 0.05) is 0 Å². The second-order valence-electron chi connectivity index (χ2n) is 4.35. The molecule has 0 aliphatic carbocycles. The summed E-state index contributed by atoms with van der Waals surface area (Å²) in [6, 6.07) is 6.82. The molecule has 0 unspecified atom stereocenters. The van der Waals surface area contributed by atoms with Crippen LogP contribution in [-0.4, -0.2) is 6.26 Å². The summed E-state index contributed by atoms with van der Waals surface area (Å²) in [4.78, 5) is 0. The number of anilines is 1. The molecule has 2 rings (SSSR count). The summed E-state index contributed by atoms with van der Waals surface area (Å²) in [5, 5.41) is 3.10. The van der Waals surface area contributed by atoms with Gasteiger partial charge in [0.1, 0.15) is 11.5 Å². The average Bonchev–Trinajstić information content (AvgIpc) is 2.84. The monoisotopic (exact) mass is 335 g/mol. The molecule has 7 heteroatoms. The molecule has 1 N–H and O–H groups in total. The summed E-state index contributed by atoms with van der Waals surface area (Å²) in [6.45, 7) is 0.273. The lowest BCUT2D eigenvalue weighted by atomic mass is 10.2. The summed E-state index contributed by atoms with van der Waals surface area (Å²) >= 11 is 7.53. The van der Waals surface area contributed by atoms with Gasteiger partial charge in [0.2, 0.25) is 0 Å². The third-order valence-corrected chi connectivity index (χ3v) is 3.65. The Balaban J connectivity index is 2.08. The van der Waals surface area contributed by atoms with Gasteiger partial charge in [-0.1, -0.05) is 11.6 Å². The molecule has 0 saturated carbocycles. The summed E-state index contributed by atoms with van der Waals surface area (Å²) in [6.07, 6.45) is -2.43. The maximum atomic E-state index is 12.7. The molecule has 1 heterocycles. The Morgan fingerprint density at radius 1 is 1.19 bits per heavy atom. The Hall–Kier alpha value is -1.27. The summed E-state index contributed by atoms with van der Waals surface area (Å²) < 4.78 is 43.5. The first-order valence-electron chi connectivity index (χ1n) is 6.07. The standard InChI is InChI=1S/C14H13ClF3NOS/c1-21-8-11-4-3-10(20-11)7-19-13-6-9(14(16,17)18)2-5-12(13)15/h2-6,19H,7-8H2,1H3. The van der Waals surface area contributed by atoms with E-state index in [0.29, 0.717) is 5.76 Å². The van der Waals surface area contributed by atoms with Crippen molar-refractivity contribution < 1.29 is 17.6 Å². The SMILES string of the molecule is CSCc1ccc(CNc2cc(C(F)(F)F)ccc2Cl)o1. The van der Waals surface area contributed by atoms with Crippen LogP contribution in [0.5, 0.6) is 0 Å². The molecule has 0 atom stereocenters. The topological polar surface area (TPSA) is 25.2 Å². The highest BCUT2D eigenvalue weighted by Crippen LogP contribution is 2.34. The van der Waals surface area contributed by atoms with Crippen molar-refractivity contribution in [3.8, 4) is 0 Å². The fourth-order valence-corrected chi connectivity index (χ4v) is 2.38. The highest BCUT2D eigenvalue weighted by atomic mass is 35.5. The number of furan rings is 1. The summed E-state index contributed by atoms with van der Waals surface area (Å²) in [5.41, 5.74) is -0.508. The molecule has 1 aromatic carbocycles. The van der Waals surface area contributed by atoms with Crippen LogP contribution in [0.4, 0.5) is 18.9 Å². The van der Waals surface area contributed by atoms with Gasteiger partial charge in [0.25, 0.3) is 0 Å². The van der Waals surface area contributed by atoms with Gasteiger partial charge in [0.15, 0.2) is 0 Å². The van der Waals surface area contributed by atoms with Gasteiger partial charge >= 0.3 is 6.18 Å². The van der Waals surface area contributed by atoms with Gasteiger partial charge < -0.3 is 9.73 Å². The molecule has 2 aromatic rings. The van der Waals surface area contributed by atoms with Crippen LogP contribution >= 0.6 is 23.4 Å². The van der Waals surface area contributed by atoms with E-state index in [4.69, 9.17) is 16.0 Å². The molecular formula is C14H13ClF3NOS. The van der Waals surface area contributed by atoms with Crippen LogP contribution in [0.3, 0.4) is 0 Å². The second kappa shape index (κ2) is 6.66. The van der Waals surface area contributed by atoms with Gasteiger partial charge in [-0.25, -0.2) is 0 Å². The number of alkyl halides is 3. The van der Waals surface area contributed by atoms with Crippen molar-refractivity contribution in [3.63, 3.8) is 0 Å². The Morgan fingerprint density at radius 3 is 2.57 bits per heavy atom. The minimum atomic E-state index is -4.39. The van der Waals surface area contributed by atoms with E-state index >= 15 is 0 Å². The maximum absolute atomic E-state index is 12.7. The summed E-state index contributed by atoms with van der Waals surface area (Å²) in [7, 11) is 0. The Bertz CT molecular complexity index is 613. The smallest absolute Gasteiger partial charge is 0.416 e. The Morgan fingerprint density at radius 2 is 1.90 bits per heavy atom. The van der Waals surface area contributed by atoms with E-state index in [-0.39, 0.29) is 17.3 Å². The molecule has 0 amide bonds. The predicted octanol–water partition coefficient (Wildman–Crippen LogP) is 5.43. The minimum Gasteiger partial charge on any atom is -0.463 e. The summed E-state index contributed by atoms with van der Waals surface area (Å²) in [5.74, 6) is 2.23. The average molecular weight is 336 g/mol. The molecule has 114 valence electrons. The number of nitrogens with one attached hydrogen (secondary N) is 1. The van der Waals surface area contributed by atoms with Gasteiger partial charge in [-0.15, -0.1) is 0 Å². The lowest BCUT2D eigenvalue weighted by molar-refractivity contribution is -0.137. The van der Waals surface area contributed by atoms with E-state index in [1.165, 1.54) is 6.07 Å². The Labute approximate surface area is 129 Å². The zero-order valence-corrected chi connectivity index (χ0v) is 12.7. The number of hydrogen-bond donors (Lipinski definition) is 1. The number of hydrogen-bond acceptors (Lipinski definition) is 3. The molecule has 21 heavy (non-hydrogen) atoms. The normalized spacial score (nSPS) is 11.7. The number of rotatable bonds is 5. The van der Waals surface area contributed by atoms with E-state index in [1.807, 2.05) is 12.3 Å². The number of benzene rings is 1. The second-order valence-corrected chi connectivity index (χ2v) is 5.62. The zero-order chi connectivity index (χ0) is 15.5. The molecule has 0 fully saturated rings. The molecule has 1 aromatic heterocycles. The van der Waals surface area contributed by atoms with E-state index in [2.05, 4.69) is 5.32 Å². The van der Waals surface area contributed by atoms with Gasteiger partial charge in [0.05, 0.1) is 28.6 Å². The van der Waals surface area contributed by atoms with E-state index in [1.54, 1.807) is 17.8 Å². The van der Waals surface area contributed by atoms with Crippen LogP contribution in [0.1, 0.15) is 17.1 Å². The lowest BCUT2D eigenvalue weighted by Crippen LogP contribution is -2.06. The number of halogens is 4. The molecule has 2 nitrogen and oxygen atoms in total. The molecule has 0 radical (unpaired) electrons. The van der Waals surface area contributed by atoms with Crippen LogP contribution in [0.25, 0.3) is 0 Å². The third-order valence-electron chi connectivity index (χ3n) is 2.75. The maximum Gasteiger partial charge on any atom is 0.416 e. The van der Waals surface area contributed by atoms with Crippen molar-refractivity contribution in [2.45, 2.75) is 18.5 Å². The molecule has 0 aliphatic rings. The van der Waals surface area contributed by atoms with Crippen molar-refractivity contribution in [2.24, 2.45) is 0 Å². The molecule has 0 saturated heterocycles. The first-order valence-corrected chi connectivity index (χ1v) is 7.84. The van der Waals surface area contributed by atoms with Crippen molar-refractivity contribution in [3.05, 3.63) is 52.4 Å². The van der Waals surface area contributed by atoms with E-state index in [0.717, 1.165) is 23.6 Å². The van der Waals surface area contributed by atoms with Crippen LogP contribution in [0.2, 0.25) is 5.02 Å². The quantitative estimate of drug-likeness (QED) is 0.789.